The molecule has 4 heteroatoms. The Kier molecular flexibility index (Phi) is 4.10. The highest BCUT2D eigenvalue weighted by atomic mass is 32.2. The van der Waals surface area contributed by atoms with Crippen LogP contribution in [0.2, 0.25) is 0 Å². The first-order valence-corrected chi connectivity index (χ1v) is 9.37. The first-order valence-electron chi connectivity index (χ1n) is 7.88. The van der Waals surface area contributed by atoms with Crippen LogP contribution in [0.15, 0.2) is 53.4 Å². The molecule has 3 aromatic rings. The molecule has 0 saturated heterocycles. The van der Waals surface area contributed by atoms with Gasteiger partial charge in [-0.15, -0.1) is 0 Å². The Morgan fingerprint density at radius 3 is 1.96 bits per heavy atom. The number of benzene rings is 3. The molecule has 0 unspecified atom stereocenters. The average molecular weight is 339 g/mol. The van der Waals surface area contributed by atoms with Crippen LogP contribution < -0.4 is 4.72 Å². The van der Waals surface area contributed by atoms with E-state index < -0.39 is 10.0 Å². The van der Waals surface area contributed by atoms with Crippen molar-refractivity contribution in [1.29, 1.82) is 0 Å². The van der Waals surface area contributed by atoms with Gasteiger partial charge in [0.25, 0.3) is 10.0 Å². The van der Waals surface area contributed by atoms with E-state index in [1.54, 1.807) is 6.07 Å². The molecule has 0 amide bonds. The molecule has 0 radical (unpaired) electrons. The maximum atomic E-state index is 13.0. The van der Waals surface area contributed by atoms with Gasteiger partial charge in [0.15, 0.2) is 0 Å². The summed E-state index contributed by atoms with van der Waals surface area (Å²) in [5, 5.41) is 2.09. The molecular weight excluding hydrogens is 318 g/mol. The number of anilines is 1. The molecule has 0 saturated carbocycles. The number of hydrogen-bond acceptors (Lipinski definition) is 2. The molecule has 24 heavy (non-hydrogen) atoms. The first kappa shape index (κ1) is 16.5. The summed E-state index contributed by atoms with van der Waals surface area (Å²) in [6.45, 7) is 7.60. The molecule has 3 aromatic carbocycles. The molecule has 124 valence electrons. The van der Waals surface area contributed by atoms with E-state index >= 15 is 0 Å². The van der Waals surface area contributed by atoms with Gasteiger partial charge in [-0.05, 0) is 72.9 Å². The summed E-state index contributed by atoms with van der Waals surface area (Å²) in [4.78, 5) is 0.383. The number of aryl methyl sites for hydroxylation is 2. The van der Waals surface area contributed by atoms with Crippen LogP contribution >= 0.6 is 0 Å². The Bertz CT molecular complexity index is 1010. The molecule has 0 aliphatic heterocycles. The fraction of sp³-hybridized carbons (Fsp3) is 0.200. The van der Waals surface area contributed by atoms with Gasteiger partial charge >= 0.3 is 0 Å². The van der Waals surface area contributed by atoms with Crippen molar-refractivity contribution in [2.45, 2.75) is 32.6 Å². The van der Waals surface area contributed by atoms with Crippen molar-refractivity contribution in [2.75, 3.05) is 4.72 Å². The second-order valence-corrected chi connectivity index (χ2v) is 7.88. The predicted octanol–water partition coefficient (Wildman–Crippen LogP) is 4.87. The Labute approximate surface area is 143 Å². The molecule has 0 fully saturated rings. The van der Waals surface area contributed by atoms with E-state index in [0.29, 0.717) is 10.6 Å². The summed E-state index contributed by atoms with van der Waals surface area (Å²) in [6.07, 6.45) is 0. The van der Waals surface area contributed by atoms with Gasteiger partial charge in [-0.3, -0.25) is 4.72 Å². The van der Waals surface area contributed by atoms with Gasteiger partial charge < -0.3 is 0 Å². The predicted molar refractivity (Wildman–Crippen MR) is 100 cm³/mol. The van der Waals surface area contributed by atoms with E-state index in [0.717, 1.165) is 33.0 Å². The minimum atomic E-state index is -3.64. The highest BCUT2D eigenvalue weighted by Gasteiger charge is 2.22. The minimum Gasteiger partial charge on any atom is -0.280 e. The molecule has 0 atom stereocenters. The number of nitrogens with one attached hydrogen (secondary N) is 1. The van der Waals surface area contributed by atoms with E-state index in [4.69, 9.17) is 0 Å². The molecule has 0 bridgehead atoms. The molecule has 3 rings (SSSR count). The van der Waals surface area contributed by atoms with Crippen LogP contribution in [0.4, 0.5) is 5.69 Å². The van der Waals surface area contributed by atoms with Crippen molar-refractivity contribution in [1.82, 2.24) is 0 Å². The second-order valence-electron chi connectivity index (χ2n) is 6.26. The van der Waals surface area contributed by atoms with E-state index in [1.165, 1.54) is 0 Å². The summed E-state index contributed by atoms with van der Waals surface area (Å²) in [6, 6.07) is 15.5. The summed E-state index contributed by atoms with van der Waals surface area (Å²) < 4.78 is 28.7. The standard InChI is InChI=1S/C20H21NO2S/c1-13-11-14(2)16(4)20(15(13)3)24(22,23)21-19-10-9-17-7-5-6-8-18(17)12-19/h5-12,21H,1-4H3. The Morgan fingerprint density at radius 1 is 0.750 bits per heavy atom. The normalized spacial score (nSPS) is 11.7. The van der Waals surface area contributed by atoms with Crippen molar-refractivity contribution < 1.29 is 8.42 Å². The highest BCUT2D eigenvalue weighted by molar-refractivity contribution is 7.92. The molecule has 0 heterocycles. The zero-order chi connectivity index (χ0) is 17.5. The minimum absolute atomic E-state index is 0.383. The number of fused-ring (bicyclic) bond motifs is 1. The van der Waals surface area contributed by atoms with Gasteiger partial charge in [0, 0.05) is 5.69 Å². The largest absolute Gasteiger partial charge is 0.280 e. The lowest BCUT2D eigenvalue weighted by atomic mass is 10.0. The third kappa shape index (κ3) is 2.89. The van der Waals surface area contributed by atoms with E-state index in [9.17, 15) is 8.42 Å². The van der Waals surface area contributed by atoms with Crippen LogP contribution in [0.5, 0.6) is 0 Å². The third-order valence-corrected chi connectivity index (χ3v) is 6.22. The molecule has 1 N–H and O–H groups in total. The van der Waals surface area contributed by atoms with Gasteiger partial charge in [-0.25, -0.2) is 8.42 Å². The Morgan fingerprint density at radius 2 is 1.33 bits per heavy atom. The number of hydrogen-bond donors (Lipinski definition) is 1. The van der Waals surface area contributed by atoms with Gasteiger partial charge in [0.1, 0.15) is 0 Å². The van der Waals surface area contributed by atoms with Crippen molar-refractivity contribution in [3.8, 4) is 0 Å². The molecule has 0 aromatic heterocycles. The Balaban J connectivity index is 2.08. The van der Waals surface area contributed by atoms with Crippen LogP contribution in [-0.4, -0.2) is 8.42 Å². The first-order chi connectivity index (χ1) is 11.3. The lowest BCUT2D eigenvalue weighted by molar-refractivity contribution is 0.599. The van der Waals surface area contributed by atoms with E-state index in [-0.39, 0.29) is 0 Å². The van der Waals surface area contributed by atoms with Crippen molar-refractivity contribution in [3.63, 3.8) is 0 Å². The molecule has 0 spiro atoms. The van der Waals surface area contributed by atoms with Crippen LogP contribution in [0.1, 0.15) is 22.3 Å². The summed E-state index contributed by atoms with van der Waals surface area (Å²) in [7, 11) is -3.64. The van der Waals surface area contributed by atoms with Crippen LogP contribution in [0.25, 0.3) is 10.8 Å². The fourth-order valence-corrected chi connectivity index (χ4v) is 4.71. The van der Waals surface area contributed by atoms with Gasteiger partial charge in [0.05, 0.1) is 4.90 Å². The second kappa shape index (κ2) is 5.95. The van der Waals surface area contributed by atoms with Crippen molar-refractivity contribution in [2.24, 2.45) is 0 Å². The van der Waals surface area contributed by atoms with E-state index in [2.05, 4.69) is 4.72 Å². The van der Waals surface area contributed by atoms with Gasteiger partial charge in [-0.1, -0.05) is 36.4 Å². The lowest BCUT2D eigenvalue weighted by Crippen LogP contribution is -2.17. The van der Waals surface area contributed by atoms with E-state index in [1.807, 2.05) is 70.2 Å². The van der Waals surface area contributed by atoms with Crippen LogP contribution in [-0.2, 0) is 10.0 Å². The quantitative estimate of drug-likeness (QED) is 0.739. The lowest BCUT2D eigenvalue weighted by Gasteiger charge is -2.17. The number of rotatable bonds is 3. The monoisotopic (exact) mass is 339 g/mol. The van der Waals surface area contributed by atoms with Crippen LogP contribution in [0, 0.1) is 27.7 Å². The Hall–Kier alpha value is -2.33. The summed E-state index contributed by atoms with van der Waals surface area (Å²) in [5.74, 6) is 0. The molecule has 0 aliphatic rings. The molecular formula is C20H21NO2S. The third-order valence-electron chi connectivity index (χ3n) is 4.57. The summed E-state index contributed by atoms with van der Waals surface area (Å²) in [5.41, 5.74) is 4.14. The van der Waals surface area contributed by atoms with Crippen molar-refractivity contribution >= 4 is 26.5 Å². The SMILES string of the molecule is Cc1cc(C)c(C)c(S(=O)(=O)Nc2ccc3ccccc3c2)c1C. The molecule has 0 aliphatic carbocycles. The smallest absolute Gasteiger partial charge is 0.262 e. The average Bonchev–Trinajstić information content (AvgIpc) is 2.52. The zero-order valence-corrected chi connectivity index (χ0v) is 15.2. The fourth-order valence-electron chi connectivity index (χ4n) is 3.04. The summed E-state index contributed by atoms with van der Waals surface area (Å²) >= 11 is 0. The number of sulfonamides is 1. The van der Waals surface area contributed by atoms with Crippen LogP contribution in [0.3, 0.4) is 0 Å². The maximum absolute atomic E-state index is 13.0. The molecule has 3 nitrogen and oxygen atoms in total. The van der Waals surface area contributed by atoms with Crippen molar-refractivity contribution in [3.05, 3.63) is 70.8 Å². The highest BCUT2D eigenvalue weighted by Crippen LogP contribution is 2.28. The maximum Gasteiger partial charge on any atom is 0.262 e. The topological polar surface area (TPSA) is 46.2 Å². The van der Waals surface area contributed by atoms with Gasteiger partial charge in [0.2, 0.25) is 0 Å². The zero-order valence-electron chi connectivity index (χ0n) is 14.3. The van der Waals surface area contributed by atoms with Gasteiger partial charge in [-0.2, -0.15) is 0 Å².